The number of carbonyl (C=O) groups is 1. The van der Waals surface area contributed by atoms with Gasteiger partial charge >= 0.3 is 19.1 Å². The van der Waals surface area contributed by atoms with Crippen molar-refractivity contribution in [2.75, 3.05) is 20.8 Å². The lowest BCUT2D eigenvalue weighted by Gasteiger charge is -2.37. The zero-order valence-electron chi connectivity index (χ0n) is 10.8. The molecule has 1 aliphatic rings. The van der Waals surface area contributed by atoms with Crippen LogP contribution in [-0.4, -0.2) is 32.3 Å². The van der Waals surface area contributed by atoms with Crippen LogP contribution in [0.25, 0.3) is 0 Å². The van der Waals surface area contributed by atoms with Gasteiger partial charge in [-0.25, -0.2) is 4.79 Å². The maximum Gasteiger partial charge on any atom is 0.393 e. The minimum Gasteiger partial charge on any atom is -0.337 e. The SMILES string of the molecule is CCC(=O)OOC1(P(=O)(OC)OC)CCCCO1. The first-order valence-electron chi connectivity index (χ1n) is 5.77. The van der Waals surface area contributed by atoms with Gasteiger partial charge in [-0.2, -0.15) is 0 Å². The average molecular weight is 282 g/mol. The average Bonchev–Trinajstić information content (AvgIpc) is 2.44. The van der Waals surface area contributed by atoms with E-state index >= 15 is 0 Å². The Kier molecular flexibility index (Phi) is 5.75. The van der Waals surface area contributed by atoms with Crippen molar-refractivity contribution in [3.63, 3.8) is 0 Å². The molecule has 0 N–H and O–H groups in total. The molecule has 1 rings (SSSR count). The van der Waals surface area contributed by atoms with Gasteiger partial charge in [0.1, 0.15) is 0 Å². The fourth-order valence-corrected chi connectivity index (χ4v) is 3.12. The molecule has 0 amide bonds. The summed E-state index contributed by atoms with van der Waals surface area (Å²) in [6, 6.07) is 0. The number of rotatable bonds is 6. The van der Waals surface area contributed by atoms with Crippen molar-refractivity contribution < 1.29 is 32.9 Å². The Morgan fingerprint density at radius 2 is 2.00 bits per heavy atom. The van der Waals surface area contributed by atoms with Gasteiger partial charge in [-0.05, 0) is 12.8 Å². The molecule has 106 valence electrons. The molecule has 8 heteroatoms. The molecule has 1 unspecified atom stereocenters. The summed E-state index contributed by atoms with van der Waals surface area (Å²) in [7, 11) is -1.21. The molecule has 1 aliphatic heterocycles. The van der Waals surface area contributed by atoms with Crippen LogP contribution in [0.4, 0.5) is 0 Å². The molecule has 1 heterocycles. The molecule has 0 saturated carbocycles. The lowest BCUT2D eigenvalue weighted by Crippen LogP contribution is -2.40. The molecule has 0 aliphatic carbocycles. The minimum atomic E-state index is -3.68. The van der Waals surface area contributed by atoms with Gasteiger partial charge in [0.15, 0.2) is 0 Å². The van der Waals surface area contributed by atoms with Crippen LogP contribution >= 0.6 is 7.60 Å². The molecule has 0 spiro atoms. The van der Waals surface area contributed by atoms with Gasteiger partial charge in [-0.3, -0.25) is 9.45 Å². The van der Waals surface area contributed by atoms with Gasteiger partial charge in [0.2, 0.25) is 0 Å². The largest absolute Gasteiger partial charge is 0.393 e. The summed E-state index contributed by atoms with van der Waals surface area (Å²) < 4.78 is 27.6. The van der Waals surface area contributed by atoms with E-state index in [1.807, 2.05) is 0 Å². The van der Waals surface area contributed by atoms with Gasteiger partial charge in [-0.1, -0.05) is 6.92 Å². The number of carbonyl (C=O) groups excluding carboxylic acids is 1. The van der Waals surface area contributed by atoms with E-state index in [1.54, 1.807) is 6.92 Å². The first kappa shape index (κ1) is 15.6. The van der Waals surface area contributed by atoms with E-state index in [0.29, 0.717) is 13.0 Å². The van der Waals surface area contributed by atoms with Crippen molar-refractivity contribution in [2.24, 2.45) is 0 Å². The minimum absolute atomic E-state index is 0.139. The Hall–Kier alpha value is -0.460. The van der Waals surface area contributed by atoms with Crippen LogP contribution < -0.4 is 0 Å². The van der Waals surface area contributed by atoms with Crippen molar-refractivity contribution in [2.45, 2.75) is 38.1 Å². The van der Waals surface area contributed by atoms with Crippen LogP contribution in [0.15, 0.2) is 0 Å². The normalized spacial score (nSPS) is 24.8. The third kappa shape index (κ3) is 3.10. The molecule has 18 heavy (non-hydrogen) atoms. The van der Waals surface area contributed by atoms with Crippen molar-refractivity contribution in [1.82, 2.24) is 0 Å². The number of hydrogen-bond acceptors (Lipinski definition) is 7. The monoisotopic (exact) mass is 282 g/mol. The Balaban J connectivity index is 2.87. The van der Waals surface area contributed by atoms with Crippen LogP contribution in [0.5, 0.6) is 0 Å². The Labute approximate surface area is 106 Å². The second kappa shape index (κ2) is 6.63. The van der Waals surface area contributed by atoms with E-state index in [1.165, 1.54) is 14.2 Å². The zero-order chi connectivity index (χ0) is 13.6. The van der Waals surface area contributed by atoms with E-state index in [-0.39, 0.29) is 12.8 Å². The van der Waals surface area contributed by atoms with Crippen LogP contribution in [-0.2, 0) is 32.9 Å². The summed E-state index contributed by atoms with van der Waals surface area (Å²) in [6.45, 7) is 1.95. The molecular weight excluding hydrogens is 263 g/mol. The lowest BCUT2D eigenvalue weighted by molar-refractivity contribution is -0.383. The number of ether oxygens (including phenoxy) is 1. The van der Waals surface area contributed by atoms with E-state index in [9.17, 15) is 9.36 Å². The van der Waals surface area contributed by atoms with E-state index in [0.717, 1.165) is 6.42 Å². The van der Waals surface area contributed by atoms with Crippen LogP contribution in [0.2, 0.25) is 0 Å². The van der Waals surface area contributed by atoms with Crippen molar-refractivity contribution >= 4 is 13.6 Å². The molecule has 0 aromatic heterocycles. The van der Waals surface area contributed by atoms with E-state index < -0.39 is 19.1 Å². The van der Waals surface area contributed by atoms with Crippen molar-refractivity contribution in [1.29, 1.82) is 0 Å². The molecule has 0 radical (unpaired) electrons. The topological polar surface area (TPSA) is 80.3 Å². The van der Waals surface area contributed by atoms with Gasteiger partial charge in [0.05, 0.1) is 6.61 Å². The Morgan fingerprint density at radius 3 is 2.44 bits per heavy atom. The first-order valence-corrected chi connectivity index (χ1v) is 7.32. The number of hydrogen-bond donors (Lipinski definition) is 0. The molecule has 1 fully saturated rings. The molecule has 0 aromatic rings. The predicted octanol–water partition coefficient (Wildman–Crippen LogP) is 2.21. The molecule has 0 aromatic carbocycles. The molecule has 1 saturated heterocycles. The maximum atomic E-state index is 12.4. The summed E-state index contributed by atoms with van der Waals surface area (Å²) in [5.41, 5.74) is -1.67. The van der Waals surface area contributed by atoms with Crippen molar-refractivity contribution in [3.8, 4) is 0 Å². The second-order valence-electron chi connectivity index (χ2n) is 3.77. The van der Waals surface area contributed by atoms with Crippen LogP contribution in [0.3, 0.4) is 0 Å². The molecule has 7 nitrogen and oxygen atoms in total. The summed E-state index contributed by atoms with van der Waals surface area (Å²) in [4.78, 5) is 20.7. The molecule has 1 atom stereocenters. The van der Waals surface area contributed by atoms with Crippen LogP contribution in [0, 0.1) is 0 Å². The second-order valence-corrected chi connectivity index (χ2v) is 6.18. The smallest absolute Gasteiger partial charge is 0.337 e. The summed E-state index contributed by atoms with van der Waals surface area (Å²) in [5, 5.41) is 0. The highest BCUT2D eigenvalue weighted by Crippen LogP contribution is 2.63. The van der Waals surface area contributed by atoms with E-state index in [4.69, 9.17) is 18.7 Å². The third-order valence-electron chi connectivity index (χ3n) is 2.67. The third-order valence-corrected chi connectivity index (χ3v) is 4.89. The van der Waals surface area contributed by atoms with Gasteiger partial charge in [0.25, 0.3) is 0 Å². The zero-order valence-corrected chi connectivity index (χ0v) is 11.7. The standard InChI is InChI=1S/C10H19O7P/c1-4-9(11)16-17-10(7-5-6-8-15-10)18(12,13-2)14-3/h4-8H2,1-3H3. The lowest BCUT2D eigenvalue weighted by atomic mass is 10.2. The Morgan fingerprint density at radius 1 is 1.33 bits per heavy atom. The fraction of sp³-hybridized carbons (Fsp3) is 0.900. The highest BCUT2D eigenvalue weighted by molar-refractivity contribution is 7.55. The van der Waals surface area contributed by atoms with Gasteiger partial charge in [0, 0.05) is 27.1 Å². The first-order chi connectivity index (χ1) is 8.53. The fourth-order valence-electron chi connectivity index (χ4n) is 1.60. The highest BCUT2D eigenvalue weighted by atomic mass is 31.2. The Bertz CT molecular complexity index is 316. The van der Waals surface area contributed by atoms with Crippen LogP contribution in [0.1, 0.15) is 32.6 Å². The molecular formula is C10H19O7P. The summed E-state index contributed by atoms with van der Waals surface area (Å²) in [5.74, 6) is -0.581. The predicted molar refractivity (Wildman–Crippen MR) is 61.6 cm³/mol. The summed E-state index contributed by atoms with van der Waals surface area (Å²) >= 11 is 0. The van der Waals surface area contributed by atoms with Crippen molar-refractivity contribution in [3.05, 3.63) is 0 Å². The van der Waals surface area contributed by atoms with Gasteiger partial charge < -0.3 is 13.8 Å². The van der Waals surface area contributed by atoms with Gasteiger partial charge in [-0.15, -0.1) is 4.89 Å². The highest BCUT2D eigenvalue weighted by Gasteiger charge is 2.56. The quantitative estimate of drug-likeness (QED) is 0.419. The molecule has 0 bridgehead atoms. The summed E-state index contributed by atoms with van der Waals surface area (Å²) in [6.07, 6.45) is 1.92. The maximum absolute atomic E-state index is 12.4. The van der Waals surface area contributed by atoms with E-state index in [2.05, 4.69) is 4.89 Å².